The molecule has 0 saturated heterocycles. The van der Waals surface area contributed by atoms with Crippen LogP contribution in [0.15, 0.2) is 0 Å². The summed E-state index contributed by atoms with van der Waals surface area (Å²) >= 11 is 0. The Hall–Kier alpha value is 1.72. The molecule has 1 radical (unpaired) electrons. The van der Waals surface area contributed by atoms with Gasteiger partial charge in [0.15, 0.2) is 0 Å². The van der Waals surface area contributed by atoms with E-state index in [2.05, 4.69) is 0 Å². The van der Waals surface area contributed by atoms with Crippen molar-refractivity contribution in [1.82, 2.24) is 0 Å². The molecule has 0 rings (SSSR count). The quantitative estimate of drug-likeness (QED) is 0.422. The predicted molar refractivity (Wildman–Crippen MR) is 20.3 cm³/mol. The van der Waals surface area contributed by atoms with Gasteiger partial charge in [0.1, 0.15) is 0 Å². The van der Waals surface area contributed by atoms with Crippen LogP contribution >= 0.6 is 7.91 Å². The summed E-state index contributed by atoms with van der Waals surface area (Å²) in [6.07, 6.45) is 0. The normalized spacial score (nSPS) is 7.38. The molecule has 0 saturated carbocycles. The molecule has 8 heteroatoms. The smallest absolute Gasteiger partial charge is 0 e. The van der Waals surface area contributed by atoms with E-state index in [1.807, 2.05) is 0 Å². The van der Waals surface area contributed by atoms with E-state index in [0.29, 0.717) is 0 Å². The average Bonchev–Trinajstić information content (AvgIpc) is 0.722. The van der Waals surface area contributed by atoms with E-state index in [0.717, 1.165) is 0 Å². The summed E-state index contributed by atoms with van der Waals surface area (Å²) in [5.74, 6) is 0. The maximum Gasteiger partial charge on any atom is 0 e. The van der Waals surface area contributed by atoms with Crippen LogP contribution < -0.4 is 0 Å². The van der Waals surface area contributed by atoms with E-state index < -0.39 is 7.91 Å². The molecule has 0 aliphatic rings. The summed E-state index contributed by atoms with van der Waals surface area (Å²) in [4.78, 5) is 13.9. The molecule has 0 aromatic heterocycles. The zero-order chi connectivity index (χ0) is 4.50. The Balaban J connectivity index is -0.0000000267. The summed E-state index contributed by atoms with van der Waals surface area (Å²) in [6, 6.07) is 0. The molecule has 0 fully saturated rings. The Morgan fingerprint density at radius 2 is 1.38 bits per heavy atom. The number of hydrogen-bond donors (Lipinski definition) is 2. The standard InChI is InChI=1S/FH2O3P.Fe.Li.Mn.H/c1-5(2,3)4;;;;/h(H2,2,3,4);;;;. The SMILES string of the molecule is O=P(O)(O)F.[Fe].[LiH].[Mn]. The molecule has 49 valence electrons. The molecule has 0 amide bonds. The van der Waals surface area contributed by atoms with Gasteiger partial charge in [-0.1, -0.05) is 0 Å². The van der Waals surface area contributed by atoms with Gasteiger partial charge in [0.05, 0.1) is 0 Å². The van der Waals surface area contributed by atoms with Crippen LogP contribution in [-0.2, 0) is 38.7 Å². The first kappa shape index (κ1) is 22.6. The number of rotatable bonds is 0. The average molecular weight is 219 g/mol. The first-order chi connectivity index (χ1) is 2.00. The molecular weight excluding hydrogens is 216 g/mol. The van der Waals surface area contributed by atoms with Crippen LogP contribution in [0.4, 0.5) is 4.20 Å². The summed E-state index contributed by atoms with van der Waals surface area (Å²) in [5.41, 5.74) is 0. The molecule has 2 N–H and O–H groups in total. The minimum atomic E-state index is -5.14. The van der Waals surface area contributed by atoms with Gasteiger partial charge < -0.3 is 0 Å². The van der Waals surface area contributed by atoms with Crippen LogP contribution in [0.2, 0.25) is 0 Å². The van der Waals surface area contributed by atoms with Gasteiger partial charge in [-0.05, 0) is 0 Å². The zero-order valence-corrected chi connectivity index (χ0v) is 6.04. The minimum Gasteiger partial charge on any atom is 0 e. The molecule has 0 aromatic carbocycles. The number of halogens is 1. The fourth-order valence-electron chi connectivity index (χ4n) is 0. The molecule has 8 heavy (non-hydrogen) atoms. The van der Waals surface area contributed by atoms with Gasteiger partial charge in [0.25, 0.3) is 0 Å². The largest absolute Gasteiger partial charge is 0 e. The fraction of sp³-hybridized carbons (Fsp3) is 0. The van der Waals surface area contributed by atoms with Crippen LogP contribution in [-0.4, -0.2) is 28.6 Å². The molecule has 0 bridgehead atoms. The Morgan fingerprint density at radius 1 is 1.38 bits per heavy atom. The molecule has 0 heterocycles. The molecule has 0 aliphatic heterocycles. The first-order valence-electron chi connectivity index (χ1n) is 0.752. The third-order valence-electron chi connectivity index (χ3n) is 0. The van der Waals surface area contributed by atoms with Crippen LogP contribution in [0.5, 0.6) is 0 Å². The predicted octanol–water partition coefficient (Wildman–Crippen LogP) is -0.605. The number of hydrogen-bond acceptors (Lipinski definition) is 1. The van der Waals surface area contributed by atoms with Crippen LogP contribution in [0.3, 0.4) is 0 Å². The summed E-state index contributed by atoms with van der Waals surface area (Å²) in [5, 5.41) is 0. The molecule has 0 atom stereocenters. The summed E-state index contributed by atoms with van der Waals surface area (Å²) in [7, 11) is -5.14. The van der Waals surface area contributed by atoms with Crippen molar-refractivity contribution in [1.29, 1.82) is 0 Å². The summed E-state index contributed by atoms with van der Waals surface area (Å²) in [6.45, 7) is 0. The molecular formula is H3FFeLiMnO3P. The van der Waals surface area contributed by atoms with E-state index in [-0.39, 0.29) is 53.0 Å². The van der Waals surface area contributed by atoms with Gasteiger partial charge in [-0.25, -0.2) is 4.57 Å². The van der Waals surface area contributed by atoms with Gasteiger partial charge in [-0.3, -0.25) is 9.79 Å². The van der Waals surface area contributed by atoms with E-state index in [1.165, 1.54) is 0 Å². The van der Waals surface area contributed by atoms with E-state index in [4.69, 9.17) is 14.4 Å². The zero-order valence-electron chi connectivity index (χ0n) is 2.86. The van der Waals surface area contributed by atoms with Crippen molar-refractivity contribution in [2.24, 2.45) is 0 Å². The van der Waals surface area contributed by atoms with Crippen molar-refractivity contribution < 1.29 is 52.7 Å². The van der Waals surface area contributed by atoms with Crippen molar-refractivity contribution in [3.05, 3.63) is 0 Å². The molecule has 0 aromatic rings. The van der Waals surface area contributed by atoms with Gasteiger partial charge in [0, 0.05) is 34.1 Å². The van der Waals surface area contributed by atoms with Crippen LogP contribution in [0, 0.1) is 0 Å². The minimum absolute atomic E-state index is 0. The topological polar surface area (TPSA) is 57.5 Å². The third kappa shape index (κ3) is 118. The second-order valence-corrected chi connectivity index (χ2v) is 1.42. The van der Waals surface area contributed by atoms with Gasteiger partial charge >= 0.3 is 26.8 Å². The Morgan fingerprint density at radius 3 is 1.38 bits per heavy atom. The van der Waals surface area contributed by atoms with Crippen molar-refractivity contribution in [3.63, 3.8) is 0 Å². The maximum atomic E-state index is 10.4. The maximum absolute atomic E-state index is 10.4. The second kappa shape index (κ2) is 8.72. The Bertz CT molecular complexity index is 65.4. The van der Waals surface area contributed by atoms with Crippen molar-refractivity contribution in [3.8, 4) is 0 Å². The molecule has 3 nitrogen and oxygen atoms in total. The molecule has 0 aliphatic carbocycles. The van der Waals surface area contributed by atoms with Gasteiger partial charge in [-0.2, -0.15) is 0 Å². The first-order valence-corrected chi connectivity index (χ1v) is 2.25. The van der Waals surface area contributed by atoms with Crippen molar-refractivity contribution in [2.75, 3.05) is 0 Å². The van der Waals surface area contributed by atoms with E-state index >= 15 is 0 Å². The summed E-state index contributed by atoms with van der Waals surface area (Å²) < 4.78 is 19.0. The monoisotopic (exact) mass is 219 g/mol. The second-order valence-electron chi connectivity index (χ2n) is 0.473. The van der Waals surface area contributed by atoms with Gasteiger partial charge in [0.2, 0.25) is 0 Å². The molecule has 0 spiro atoms. The Kier molecular flexibility index (Phi) is 24.6. The van der Waals surface area contributed by atoms with Crippen LogP contribution in [0.1, 0.15) is 0 Å². The molecule has 0 unspecified atom stereocenters. The Labute approximate surface area is 79.2 Å². The fourth-order valence-corrected chi connectivity index (χ4v) is 0. The van der Waals surface area contributed by atoms with Crippen molar-refractivity contribution >= 4 is 26.8 Å². The van der Waals surface area contributed by atoms with E-state index in [1.54, 1.807) is 0 Å². The van der Waals surface area contributed by atoms with Crippen molar-refractivity contribution in [2.45, 2.75) is 0 Å². The van der Waals surface area contributed by atoms with Crippen LogP contribution in [0.25, 0.3) is 0 Å². The third-order valence-corrected chi connectivity index (χ3v) is 0. The van der Waals surface area contributed by atoms with Gasteiger partial charge in [-0.15, -0.1) is 4.20 Å². The van der Waals surface area contributed by atoms with E-state index in [9.17, 15) is 4.20 Å².